The van der Waals surface area contributed by atoms with Crippen molar-refractivity contribution >= 4 is 11.9 Å². The average molecular weight is 192 g/mol. The molecule has 0 bridgehead atoms. The summed E-state index contributed by atoms with van der Waals surface area (Å²) in [5.74, 6) is -4.00. The highest BCUT2D eigenvalue weighted by molar-refractivity contribution is 5.73. The van der Waals surface area contributed by atoms with Crippen LogP contribution in [-0.4, -0.2) is 34.0 Å². The van der Waals surface area contributed by atoms with E-state index in [0.717, 1.165) is 0 Å². The zero-order valence-electron chi connectivity index (χ0n) is 7.14. The summed E-state index contributed by atoms with van der Waals surface area (Å²) >= 11 is 0. The number of carboxylic acids is 2. The fourth-order valence-electron chi connectivity index (χ4n) is 0.858. The highest BCUT2D eigenvalue weighted by Gasteiger charge is 2.24. The van der Waals surface area contributed by atoms with Gasteiger partial charge in [0.15, 0.2) is 0 Å². The Morgan fingerprint density at radius 3 is 2.15 bits per heavy atom. The molecule has 0 radical (unpaired) electrons. The van der Waals surface area contributed by atoms with Gasteiger partial charge in [0.05, 0.1) is 18.4 Å². The molecule has 0 aromatic heterocycles. The van der Waals surface area contributed by atoms with Crippen LogP contribution in [-0.2, 0) is 14.5 Å². The van der Waals surface area contributed by atoms with E-state index in [1.807, 2.05) is 0 Å². The van der Waals surface area contributed by atoms with Crippen molar-refractivity contribution in [3.63, 3.8) is 0 Å². The molecule has 0 spiro atoms. The van der Waals surface area contributed by atoms with E-state index in [4.69, 9.17) is 15.5 Å². The summed E-state index contributed by atoms with van der Waals surface area (Å²) in [5, 5.41) is 25.1. The van der Waals surface area contributed by atoms with E-state index in [1.54, 1.807) is 0 Å². The number of carboxylic acid groups (broad SMARTS) is 2. The van der Waals surface area contributed by atoms with Crippen molar-refractivity contribution in [2.45, 2.75) is 13.3 Å². The summed E-state index contributed by atoms with van der Waals surface area (Å²) in [6.45, 7) is 1.00. The van der Waals surface area contributed by atoms with Crippen LogP contribution in [0.25, 0.3) is 0 Å². The van der Waals surface area contributed by atoms with Gasteiger partial charge in [-0.15, -0.1) is 0 Å². The molecule has 76 valence electrons. The maximum Gasteiger partial charge on any atom is 0.308 e. The molecule has 6 nitrogen and oxygen atoms in total. The van der Waals surface area contributed by atoms with Crippen LogP contribution in [0, 0.1) is 11.8 Å². The Bertz CT molecular complexity index is 189. The molecule has 0 fully saturated rings. The van der Waals surface area contributed by atoms with Gasteiger partial charge in [-0.2, -0.15) is 0 Å². The van der Waals surface area contributed by atoms with Gasteiger partial charge in [-0.3, -0.25) is 14.8 Å². The van der Waals surface area contributed by atoms with Crippen LogP contribution < -0.4 is 0 Å². The van der Waals surface area contributed by atoms with Crippen molar-refractivity contribution in [2.24, 2.45) is 11.8 Å². The lowest BCUT2D eigenvalue weighted by Crippen LogP contribution is -2.24. The van der Waals surface area contributed by atoms with E-state index in [9.17, 15) is 9.59 Å². The molecule has 0 aromatic rings. The summed E-state index contributed by atoms with van der Waals surface area (Å²) < 4.78 is 0. The molecule has 0 aliphatic heterocycles. The topological polar surface area (TPSA) is 104 Å². The zero-order valence-corrected chi connectivity index (χ0v) is 7.14. The molecular formula is C7H12O6. The van der Waals surface area contributed by atoms with Crippen LogP contribution >= 0.6 is 0 Å². The lowest BCUT2D eigenvalue weighted by molar-refractivity contribution is -0.252. The Morgan fingerprint density at radius 1 is 1.31 bits per heavy atom. The number of rotatable bonds is 6. The van der Waals surface area contributed by atoms with E-state index in [1.165, 1.54) is 6.92 Å². The van der Waals surface area contributed by atoms with Crippen molar-refractivity contribution in [3.05, 3.63) is 0 Å². The van der Waals surface area contributed by atoms with Crippen molar-refractivity contribution in [3.8, 4) is 0 Å². The van der Waals surface area contributed by atoms with Gasteiger partial charge in [0, 0.05) is 0 Å². The minimum absolute atomic E-state index is 0.0643. The normalized spacial score (nSPS) is 14.9. The standard InChI is InChI=1S/C7H12O6/c1-4(6(8)9)2-5(3-13-12)7(10)11/h4-5,12H,2-3H2,1H3,(H,8,9)(H,10,11). The highest BCUT2D eigenvalue weighted by Crippen LogP contribution is 2.13. The summed E-state index contributed by atoms with van der Waals surface area (Å²) in [5.41, 5.74) is 0. The Labute approximate surface area is 74.7 Å². The first-order chi connectivity index (χ1) is 5.99. The van der Waals surface area contributed by atoms with Gasteiger partial charge in [-0.25, -0.2) is 4.89 Å². The molecule has 0 aromatic carbocycles. The molecule has 13 heavy (non-hydrogen) atoms. The van der Waals surface area contributed by atoms with Crippen LogP contribution in [0.3, 0.4) is 0 Å². The second-order valence-corrected chi connectivity index (χ2v) is 2.81. The molecule has 0 saturated carbocycles. The summed E-state index contributed by atoms with van der Waals surface area (Å²) in [7, 11) is 0. The predicted molar refractivity (Wildman–Crippen MR) is 41.1 cm³/mol. The first-order valence-corrected chi connectivity index (χ1v) is 3.71. The third-order valence-corrected chi connectivity index (χ3v) is 1.68. The number of hydrogen-bond acceptors (Lipinski definition) is 4. The molecule has 6 heteroatoms. The Morgan fingerprint density at radius 2 is 1.85 bits per heavy atom. The Kier molecular flexibility index (Phi) is 5.01. The number of carbonyl (C=O) groups is 2. The van der Waals surface area contributed by atoms with Crippen LogP contribution in [0.15, 0.2) is 0 Å². The zero-order chi connectivity index (χ0) is 10.4. The largest absolute Gasteiger partial charge is 0.481 e. The summed E-state index contributed by atoms with van der Waals surface area (Å²) in [6, 6.07) is 0. The van der Waals surface area contributed by atoms with Gasteiger partial charge < -0.3 is 10.2 Å². The minimum Gasteiger partial charge on any atom is -0.481 e. The summed E-state index contributed by atoms with van der Waals surface area (Å²) in [6.07, 6.45) is -0.0643. The number of aliphatic carboxylic acids is 2. The molecule has 0 saturated heterocycles. The van der Waals surface area contributed by atoms with Crippen molar-refractivity contribution < 1.29 is 29.9 Å². The van der Waals surface area contributed by atoms with Gasteiger partial charge in [-0.05, 0) is 6.42 Å². The first kappa shape index (κ1) is 11.9. The molecule has 0 heterocycles. The fourth-order valence-corrected chi connectivity index (χ4v) is 0.858. The fraction of sp³-hybridized carbons (Fsp3) is 0.714. The van der Waals surface area contributed by atoms with Crippen LogP contribution in [0.4, 0.5) is 0 Å². The third-order valence-electron chi connectivity index (χ3n) is 1.68. The van der Waals surface area contributed by atoms with E-state index >= 15 is 0 Å². The molecule has 2 unspecified atom stereocenters. The second-order valence-electron chi connectivity index (χ2n) is 2.81. The quantitative estimate of drug-likeness (QED) is 0.412. The molecule has 2 atom stereocenters. The molecule has 0 aliphatic rings. The van der Waals surface area contributed by atoms with Crippen LogP contribution in [0.1, 0.15) is 13.3 Å². The van der Waals surface area contributed by atoms with Gasteiger partial charge in [0.1, 0.15) is 0 Å². The Balaban J connectivity index is 4.09. The predicted octanol–water partition coefficient (Wildman–Crippen LogP) is 0.288. The Hall–Kier alpha value is -1.14. The monoisotopic (exact) mass is 192 g/mol. The third kappa shape index (κ3) is 4.44. The second kappa shape index (κ2) is 5.50. The average Bonchev–Trinajstić information content (AvgIpc) is 2.03. The lowest BCUT2D eigenvalue weighted by Gasteiger charge is -2.12. The van der Waals surface area contributed by atoms with Gasteiger partial charge >= 0.3 is 11.9 Å². The van der Waals surface area contributed by atoms with E-state index < -0.39 is 30.4 Å². The van der Waals surface area contributed by atoms with Gasteiger partial charge in [-0.1, -0.05) is 6.92 Å². The SMILES string of the molecule is CC(CC(COO)C(=O)O)C(=O)O. The molecule has 0 rings (SSSR count). The van der Waals surface area contributed by atoms with Gasteiger partial charge in [0.2, 0.25) is 0 Å². The van der Waals surface area contributed by atoms with E-state index in [2.05, 4.69) is 4.89 Å². The van der Waals surface area contributed by atoms with Crippen molar-refractivity contribution in [1.29, 1.82) is 0 Å². The lowest BCUT2D eigenvalue weighted by atomic mass is 9.97. The summed E-state index contributed by atoms with van der Waals surface area (Å²) in [4.78, 5) is 24.5. The van der Waals surface area contributed by atoms with Crippen molar-refractivity contribution in [2.75, 3.05) is 6.61 Å². The van der Waals surface area contributed by atoms with Crippen LogP contribution in [0.2, 0.25) is 0 Å². The molecular weight excluding hydrogens is 180 g/mol. The first-order valence-electron chi connectivity index (χ1n) is 3.71. The van der Waals surface area contributed by atoms with Crippen LogP contribution in [0.5, 0.6) is 0 Å². The molecule has 3 N–H and O–H groups in total. The maximum atomic E-state index is 10.5. The maximum absolute atomic E-state index is 10.5. The molecule has 0 aliphatic carbocycles. The molecule has 0 amide bonds. The van der Waals surface area contributed by atoms with Gasteiger partial charge in [0.25, 0.3) is 0 Å². The minimum atomic E-state index is -1.18. The van der Waals surface area contributed by atoms with E-state index in [-0.39, 0.29) is 6.42 Å². The van der Waals surface area contributed by atoms with E-state index in [0.29, 0.717) is 0 Å². The highest BCUT2D eigenvalue weighted by atomic mass is 17.1. The smallest absolute Gasteiger partial charge is 0.308 e. The van der Waals surface area contributed by atoms with Crippen molar-refractivity contribution in [1.82, 2.24) is 0 Å². The number of hydrogen-bond donors (Lipinski definition) is 3.